The number of nitrogens with one attached hydrogen (secondary N) is 1. The molecule has 1 aromatic rings. The highest BCUT2D eigenvalue weighted by Crippen LogP contribution is 2.28. The molecule has 2 atom stereocenters. The van der Waals surface area contributed by atoms with Crippen molar-refractivity contribution < 1.29 is 24.6 Å². The van der Waals surface area contributed by atoms with Gasteiger partial charge in [0, 0.05) is 5.69 Å². The summed E-state index contributed by atoms with van der Waals surface area (Å²) in [6.07, 6.45) is 4.20. The fraction of sp³-hybridized carbons (Fsp3) is 0.267. The third kappa shape index (κ3) is 3.46. The SMILES string of the molecule is O=C(O)c1ccc(NC(=O)[C@H]2CC=CC[C@@H]2C(=O)O)cc1Cl. The Kier molecular flexibility index (Phi) is 4.82. The van der Waals surface area contributed by atoms with Crippen molar-refractivity contribution >= 4 is 35.1 Å². The van der Waals surface area contributed by atoms with Crippen LogP contribution in [-0.2, 0) is 9.59 Å². The first-order valence-corrected chi connectivity index (χ1v) is 6.99. The molecule has 0 bridgehead atoms. The molecule has 0 heterocycles. The standard InChI is InChI=1S/C15H14ClNO5/c16-12-7-8(5-6-11(12)15(21)22)17-13(18)9-3-1-2-4-10(9)14(19)20/h1-2,5-7,9-10H,3-4H2,(H,17,18)(H,19,20)(H,21,22)/t9-,10-/m0/s1. The van der Waals surface area contributed by atoms with Gasteiger partial charge in [-0.2, -0.15) is 0 Å². The first-order chi connectivity index (χ1) is 10.4. The minimum Gasteiger partial charge on any atom is -0.481 e. The van der Waals surface area contributed by atoms with Crippen molar-refractivity contribution in [2.45, 2.75) is 12.8 Å². The Labute approximate surface area is 131 Å². The molecule has 2 rings (SSSR count). The Morgan fingerprint density at radius 2 is 1.73 bits per heavy atom. The van der Waals surface area contributed by atoms with E-state index in [9.17, 15) is 14.4 Å². The largest absolute Gasteiger partial charge is 0.481 e. The number of rotatable bonds is 4. The van der Waals surface area contributed by atoms with Crippen LogP contribution in [0.2, 0.25) is 5.02 Å². The number of amides is 1. The Hall–Kier alpha value is -2.34. The van der Waals surface area contributed by atoms with Crippen LogP contribution in [0.4, 0.5) is 5.69 Å². The molecule has 1 amide bonds. The summed E-state index contributed by atoms with van der Waals surface area (Å²) < 4.78 is 0. The zero-order chi connectivity index (χ0) is 16.3. The van der Waals surface area contributed by atoms with Crippen LogP contribution in [0.15, 0.2) is 30.4 Å². The first kappa shape index (κ1) is 16.0. The summed E-state index contributed by atoms with van der Waals surface area (Å²) in [6, 6.07) is 4.04. The Morgan fingerprint density at radius 1 is 1.09 bits per heavy atom. The zero-order valence-electron chi connectivity index (χ0n) is 11.5. The second-order valence-corrected chi connectivity index (χ2v) is 5.39. The van der Waals surface area contributed by atoms with Gasteiger partial charge in [-0.3, -0.25) is 9.59 Å². The van der Waals surface area contributed by atoms with Gasteiger partial charge in [0.25, 0.3) is 0 Å². The normalized spacial score (nSPS) is 20.4. The van der Waals surface area contributed by atoms with E-state index in [1.54, 1.807) is 12.2 Å². The Bertz CT molecular complexity index is 655. The molecule has 7 heteroatoms. The van der Waals surface area contributed by atoms with Gasteiger partial charge in [0.1, 0.15) is 0 Å². The number of aliphatic carboxylic acids is 1. The molecule has 1 aliphatic rings. The summed E-state index contributed by atoms with van der Waals surface area (Å²) in [5.74, 6) is -4.02. The fourth-order valence-corrected chi connectivity index (χ4v) is 2.64. The predicted molar refractivity (Wildman–Crippen MR) is 80.0 cm³/mol. The van der Waals surface area contributed by atoms with Crippen LogP contribution in [0.5, 0.6) is 0 Å². The van der Waals surface area contributed by atoms with Crippen LogP contribution < -0.4 is 5.32 Å². The predicted octanol–water partition coefficient (Wildman–Crippen LogP) is 2.64. The average Bonchev–Trinajstić information content (AvgIpc) is 2.46. The van der Waals surface area contributed by atoms with Gasteiger partial charge in [-0.05, 0) is 31.0 Å². The quantitative estimate of drug-likeness (QED) is 0.739. The molecule has 1 aromatic carbocycles. The maximum Gasteiger partial charge on any atom is 0.337 e. The third-order valence-electron chi connectivity index (χ3n) is 3.55. The molecule has 116 valence electrons. The second-order valence-electron chi connectivity index (χ2n) is 4.98. The van der Waals surface area contributed by atoms with Crippen molar-refractivity contribution in [2.75, 3.05) is 5.32 Å². The van der Waals surface area contributed by atoms with E-state index in [0.29, 0.717) is 18.5 Å². The lowest BCUT2D eigenvalue weighted by atomic mass is 9.82. The molecular formula is C15H14ClNO5. The summed E-state index contributed by atoms with van der Waals surface area (Å²) >= 11 is 5.84. The minimum atomic E-state index is -1.16. The lowest BCUT2D eigenvalue weighted by Crippen LogP contribution is -2.34. The lowest BCUT2D eigenvalue weighted by Gasteiger charge is -2.24. The van der Waals surface area contributed by atoms with Gasteiger partial charge in [-0.25, -0.2) is 4.79 Å². The van der Waals surface area contributed by atoms with Crippen LogP contribution in [0, 0.1) is 11.8 Å². The third-order valence-corrected chi connectivity index (χ3v) is 3.87. The maximum absolute atomic E-state index is 12.2. The van der Waals surface area contributed by atoms with Crippen LogP contribution in [0.25, 0.3) is 0 Å². The number of carboxylic acid groups (broad SMARTS) is 2. The zero-order valence-corrected chi connectivity index (χ0v) is 12.2. The molecule has 0 saturated heterocycles. The highest BCUT2D eigenvalue weighted by molar-refractivity contribution is 6.33. The molecule has 0 radical (unpaired) electrons. The monoisotopic (exact) mass is 323 g/mol. The average molecular weight is 324 g/mol. The molecule has 1 aliphatic carbocycles. The molecular weight excluding hydrogens is 310 g/mol. The van der Waals surface area contributed by atoms with E-state index in [2.05, 4.69) is 5.32 Å². The van der Waals surface area contributed by atoms with Crippen LogP contribution >= 0.6 is 11.6 Å². The van der Waals surface area contributed by atoms with Gasteiger partial charge in [-0.15, -0.1) is 0 Å². The van der Waals surface area contributed by atoms with E-state index in [4.69, 9.17) is 21.8 Å². The van der Waals surface area contributed by atoms with Crippen molar-refractivity contribution in [3.05, 3.63) is 40.9 Å². The number of carboxylic acids is 2. The smallest absolute Gasteiger partial charge is 0.337 e. The summed E-state index contributed by atoms with van der Waals surface area (Å²) in [5.41, 5.74) is 0.266. The molecule has 6 nitrogen and oxygen atoms in total. The van der Waals surface area contributed by atoms with Crippen LogP contribution in [0.1, 0.15) is 23.2 Å². The van der Waals surface area contributed by atoms with Gasteiger partial charge in [0.2, 0.25) is 5.91 Å². The van der Waals surface area contributed by atoms with Gasteiger partial charge < -0.3 is 15.5 Å². The van der Waals surface area contributed by atoms with Gasteiger partial charge in [0.15, 0.2) is 0 Å². The number of carbonyl (C=O) groups is 3. The molecule has 0 spiro atoms. The van der Waals surface area contributed by atoms with Crippen molar-refractivity contribution in [3.63, 3.8) is 0 Å². The van der Waals surface area contributed by atoms with Gasteiger partial charge in [0.05, 0.1) is 22.4 Å². The van der Waals surface area contributed by atoms with E-state index in [1.807, 2.05) is 0 Å². The summed E-state index contributed by atoms with van der Waals surface area (Å²) in [5, 5.41) is 20.7. The first-order valence-electron chi connectivity index (χ1n) is 6.61. The number of benzene rings is 1. The van der Waals surface area contributed by atoms with Crippen LogP contribution in [-0.4, -0.2) is 28.1 Å². The van der Waals surface area contributed by atoms with Crippen molar-refractivity contribution in [1.29, 1.82) is 0 Å². The molecule has 0 aliphatic heterocycles. The summed E-state index contributed by atoms with van der Waals surface area (Å²) in [7, 11) is 0. The molecule has 0 saturated carbocycles. The van der Waals surface area contributed by atoms with E-state index < -0.39 is 29.7 Å². The number of halogens is 1. The number of aromatic carboxylic acids is 1. The topological polar surface area (TPSA) is 104 Å². The summed E-state index contributed by atoms with van der Waals surface area (Å²) in [6.45, 7) is 0. The van der Waals surface area contributed by atoms with E-state index in [-0.39, 0.29) is 10.6 Å². The van der Waals surface area contributed by atoms with E-state index in [1.165, 1.54) is 18.2 Å². The Morgan fingerprint density at radius 3 is 2.27 bits per heavy atom. The fourth-order valence-electron chi connectivity index (χ4n) is 2.38. The lowest BCUT2D eigenvalue weighted by molar-refractivity contribution is -0.146. The van der Waals surface area contributed by atoms with Crippen LogP contribution in [0.3, 0.4) is 0 Å². The van der Waals surface area contributed by atoms with Gasteiger partial charge in [-0.1, -0.05) is 23.8 Å². The van der Waals surface area contributed by atoms with Crippen molar-refractivity contribution in [1.82, 2.24) is 0 Å². The number of allylic oxidation sites excluding steroid dienone is 2. The molecule has 0 fully saturated rings. The number of hydrogen-bond donors (Lipinski definition) is 3. The highest BCUT2D eigenvalue weighted by Gasteiger charge is 2.34. The van der Waals surface area contributed by atoms with E-state index >= 15 is 0 Å². The minimum absolute atomic E-state index is 0.00336. The van der Waals surface area contributed by atoms with E-state index in [0.717, 1.165) is 0 Å². The molecule has 0 aromatic heterocycles. The molecule has 3 N–H and O–H groups in total. The van der Waals surface area contributed by atoms with Crippen molar-refractivity contribution in [3.8, 4) is 0 Å². The number of anilines is 1. The number of carbonyl (C=O) groups excluding carboxylic acids is 1. The second kappa shape index (κ2) is 6.62. The van der Waals surface area contributed by atoms with Crippen molar-refractivity contribution in [2.24, 2.45) is 11.8 Å². The maximum atomic E-state index is 12.2. The Balaban J connectivity index is 2.14. The molecule has 22 heavy (non-hydrogen) atoms. The van der Waals surface area contributed by atoms with Gasteiger partial charge >= 0.3 is 11.9 Å². The highest BCUT2D eigenvalue weighted by atomic mass is 35.5. The number of hydrogen-bond acceptors (Lipinski definition) is 3. The molecule has 0 unspecified atom stereocenters. The summed E-state index contributed by atoms with van der Waals surface area (Å²) in [4.78, 5) is 34.3.